The van der Waals surface area contributed by atoms with Crippen molar-refractivity contribution in [1.82, 2.24) is 10.6 Å². The van der Waals surface area contributed by atoms with Crippen LogP contribution in [0.3, 0.4) is 0 Å². The second-order valence-electron chi connectivity index (χ2n) is 3.80. The normalized spacial score (nSPS) is 42.7. The molecule has 1 saturated heterocycles. The highest BCUT2D eigenvalue weighted by Gasteiger charge is 2.51. The van der Waals surface area contributed by atoms with Crippen LogP contribution in [0, 0.1) is 5.92 Å². The van der Waals surface area contributed by atoms with Crippen LogP contribution < -0.4 is 10.6 Å². The van der Waals surface area contributed by atoms with Gasteiger partial charge in [0.2, 0.25) is 5.72 Å². The predicted octanol–water partition coefficient (Wildman–Crippen LogP) is 0.426. The van der Waals surface area contributed by atoms with E-state index in [-0.39, 0.29) is 18.0 Å². The third-order valence-electron chi connectivity index (χ3n) is 2.64. The summed E-state index contributed by atoms with van der Waals surface area (Å²) in [4.78, 5) is 16.4. The van der Waals surface area contributed by atoms with Crippen LogP contribution >= 0.6 is 0 Å². The minimum atomic E-state index is -0.661. The highest BCUT2D eigenvalue weighted by molar-refractivity contribution is 5.90. The zero-order valence-corrected chi connectivity index (χ0v) is 7.92. The van der Waals surface area contributed by atoms with Crippen molar-refractivity contribution < 1.29 is 9.63 Å². The maximum Gasteiger partial charge on any atom is 0.318 e. The molecule has 2 aliphatic rings. The van der Waals surface area contributed by atoms with Gasteiger partial charge in [-0.25, -0.2) is 4.79 Å². The van der Waals surface area contributed by atoms with Gasteiger partial charge in [0.15, 0.2) is 0 Å². The molecule has 1 fully saturated rings. The monoisotopic (exact) mass is 183 g/mol. The van der Waals surface area contributed by atoms with E-state index in [4.69, 9.17) is 4.84 Å². The van der Waals surface area contributed by atoms with Crippen LogP contribution in [0.15, 0.2) is 5.16 Å². The van der Waals surface area contributed by atoms with E-state index in [2.05, 4.69) is 15.8 Å². The number of nitrogens with zero attached hydrogens (tertiary/aromatic N) is 1. The van der Waals surface area contributed by atoms with Crippen molar-refractivity contribution in [2.75, 3.05) is 0 Å². The lowest BCUT2D eigenvalue weighted by Crippen LogP contribution is -2.66. The molecule has 0 spiro atoms. The maximum atomic E-state index is 11.2. The molecule has 0 aromatic rings. The van der Waals surface area contributed by atoms with Crippen LogP contribution in [0.1, 0.15) is 20.8 Å². The van der Waals surface area contributed by atoms with Gasteiger partial charge in [-0.3, -0.25) is 5.32 Å². The lowest BCUT2D eigenvalue weighted by atomic mass is 9.85. The summed E-state index contributed by atoms with van der Waals surface area (Å²) in [5.41, 5.74) is 0.258. The zero-order chi connectivity index (χ0) is 9.64. The molecule has 0 saturated carbocycles. The van der Waals surface area contributed by atoms with Crippen molar-refractivity contribution in [2.24, 2.45) is 11.1 Å². The van der Waals surface area contributed by atoms with Gasteiger partial charge in [0.25, 0.3) is 0 Å². The first-order chi connectivity index (χ1) is 6.03. The van der Waals surface area contributed by atoms with Gasteiger partial charge < -0.3 is 10.2 Å². The van der Waals surface area contributed by atoms with Crippen LogP contribution in [0.25, 0.3) is 0 Å². The van der Waals surface area contributed by atoms with Crippen LogP contribution in [0.5, 0.6) is 0 Å². The number of amides is 2. The second-order valence-corrected chi connectivity index (χ2v) is 3.80. The molecule has 3 atom stereocenters. The maximum absolute atomic E-state index is 11.2. The molecule has 0 aromatic heterocycles. The Hall–Kier alpha value is -1.26. The van der Waals surface area contributed by atoms with Crippen molar-refractivity contribution in [2.45, 2.75) is 32.5 Å². The van der Waals surface area contributed by atoms with E-state index < -0.39 is 5.72 Å². The number of hydrogen-bond acceptors (Lipinski definition) is 3. The summed E-state index contributed by atoms with van der Waals surface area (Å²) in [5.74, 6) is 0.116. The summed E-state index contributed by atoms with van der Waals surface area (Å²) in [6.45, 7) is 5.70. The second kappa shape index (κ2) is 2.37. The number of carbonyl (C=O) groups is 1. The van der Waals surface area contributed by atoms with E-state index in [1.54, 1.807) is 0 Å². The van der Waals surface area contributed by atoms with E-state index in [1.165, 1.54) is 0 Å². The molecule has 5 heteroatoms. The number of rotatable bonds is 0. The lowest BCUT2D eigenvalue weighted by Gasteiger charge is -2.38. The van der Waals surface area contributed by atoms with E-state index in [9.17, 15) is 4.79 Å². The van der Waals surface area contributed by atoms with Crippen LogP contribution in [-0.4, -0.2) is 23.5 Å². The Morgan fingerprint density at radius 3 is 3.00 bits per heavy atom. The van der Waals surface area contributed by atoms with E-state index in [1.807, 2.05) is 20.8 Å². The van der Waals surface area contributed by atoms with Crippen molar-refractivity contribution in [3.63, 3.8) is 0 Å². The molecular formula is C8H13N3O2. The summed E-state index contributed by atoms with van der Waals surface area (Å²) >= 11 is 0. The SMILES string of the molecule is CC1=NOC2(C)NC(=O)NC(C)C12. The van der Waals surface area contributed by atoms with Gasteiger partial charge in [-0.2, -0.15) is 0 Å². The quantitative estimate of drug-likeness (QED) is 0.572. The Morgan fingerprint density at radius 2 is 2.31 bits per heavy atom. The highest BCUT2D eigenvalue weighted by Crippen LogP contribution is 2.32. The average Bonchev–Trinajstić information content (AvgIpc) is 2.26. The molecule has 2 rings (SSSR count). The largest absolute Gasteiger partial charge is 0.367 e. The van der Waals surface area contributed by atoms with E-state index >= 15 is 0 Å². The Labute approximate surface area is 76.5 Å². The minimum absolute atomic E-state index is 0.0602. The van der Waals surface area contributed by atoms with Gasteiger partial charge in [-0.15, -0.1) is 0 Å². The van der Waals surface area contributed by atoms with Crippen molar-refractivity contribution in [3.05, 3.63) is 0 Å². The molecule has 72 valence electrons. The number of carbonyl (C=O) groups excluding carboxylic acids is 1. The van der Waals surface area contributed by atoms with Gasteiger partial charge in [-0.05, 0) is 20.8 Å². The fourth-order valence-electron chi connectivity index (χ4n) is 2.17. The van der Waals surface area contributed by atoms with E-state index in [0.717, 1.165) is 5.71 Å². The Kier molecular flexibility index (Phi) is 1.52. The molecule has 2 amide bonds. The molecule has 2 heterocycles. The molecule has 5 nitrogen and oxygen atoms in total. The van der Waals surface area contributed by atoms with Crippen LogP contribution in [0.4, 0.5) is 4.79 Å². The lowest BCUT2D eigenvalue weighted by molar-refractivity contribution is -0.0614. The zero-order valence-electron chi connectivity index (χ0n) is 7.92. The van der Waals surface area contributed by atoms with Crippen molar-refractivity contribution >= 4 is 11.7 Å². The standard InChI is InChI=1S/C8H13N3O2/c1-4-6-5(2)11-13-8(6,3)10-7(12)9-4/h4,6H,1-3H3,(H2,9,10,12). The van der Waals surface area contributed by atoms with Gasteiger partial charge in [-0.1, -0.05) is 5.16 Å². The Bertz CT molecular complexity index is 289. The molecule has 2 N–H and O–H groups in total. The highest BCUT2D eigenvalue weighted by atomic mass is 16.7. The summed E-state index contributed by atoms with van der Waals surface area (Å²) in [7, 11) is 0. The molecule has 0 bridgehead atoms. The number of fused-ring (bicyclic) bond motifs is 1. The topological polar surface area (TPSA) is 62.7 Å². The van der Waals surface area contributed by atoms with Crippen molar-refractivity contribution in [3.8, 4) is 0 Å². The number of oxime groups is 1. The van der Waals surface area contributed by atoms with Crippen LogP contribution in [-0.2, 0) is 4.84 Å². The molecule has 3 unspecified atom stereocenters. The fourth-order valence-corrected chi connectivity index (χ4v) is 2.17. The van der Waals surface area contributed by atoms with Crippen LogP contribution in [0.2, 0.25) is 0 Å². The van der Waals surface area contributed by atoms with E-state index in [0.29, 0.717) is 0 Å². The van der Waals surface area contributed by atoms with Gasteiger partial charge >= 0.3 is 6.03 Å². The third kappa shape index (κ3) is 1.07. The number of hydrogen-bond donors (Lipinski definition) is 2. The van der Waals surface area contributed by atoms with Gasteiger partial charge in [0, 0.05) is 6.04 Å². The Balaban J connectivity index is 2.30. The number of urea groups is 1. The third-order valence-corrected chi connectivity index (χ3v) is 2.64. The fraction of sp³-hybridized carbons (Fsp3) is 0.750. The summed E-state index contributed by atoms with van der Waals surface area (Å²) in [6.07, 6.45) is 0. The first kappa shape index (κ1) is 8.34. The van der Waals surface area contributed by atoms with Gasteiger partial charge in [0.05, 0.1) is 11.6 Å². The molecular weight excluding hydrogens is 170 g/mol. The molecule has 0 aromatic carbocycles. The molecule has 0 radical (unpaired) electrons. The van der Waals surface area contributed by atoms with Gasteiger partial charge in [0.1, 0.15) is 0 Å². The first-order valence-corrected chi connectivity index (χ1v) is 4.34. The van der Waals surface area contributed by atoms with Crippen molar-refractivity contribution in [1.29, 1.82) is 0 Å². The molecule has 13 heavy (non-hydrogen) atoms. The summed E-state index contributed by atoms with van der Waals surface area (Å²) in [6, 6.07) is -0.138. The summed E-state index contributed by atoms with van der Waals surface area (Å²) < 4.78 is 0. The molecule has 2 aliphatic heterocycles. The predicted molar refractivity (Wildman–Crippen MR) is 47.2 cm³/mol. The molecule has 0 aliphatic carbocycles. The average molecular weight is 183 g/mol. The minimum Gasteiger partial charge on any atom is -0.367 e. The summed E-state index contributed by atoms with van der Waals surface area (Å²) in [5, 5.41) is 9.42. The Morgan fingerprint density at radius 1 is 1.62 bits per heavy atom. The first-order valence-electron chi connectivity index (χ1n) is 4.34. The number of nitrogens with one attached hydrogen (secondary N) is 2. The smallest absolute Gasteiger partial charge is 0.318 e.